The number of halogens is 2. The first-order valence-electron chi connectivity index (χ1n) is 4.14. The topological polar surface area (TPSA) is 38.9 Å². The molecule has 0 atom stereocenters. The Kier molecular flexibility index (Phi) is 1.80. The van der Waals surface area contributed by atoms with Crippen LogP contribution in [0.1, 0.15) is 30.4 Å². The van der Waals surface area contributed by atoms with Crippen molar-refractivity contribution in [3.05, 3.63) is 29.6 Å². The van der Waals surface area contributed by atoms with E-state index in [9.17, 15) is 8.78 Å². The Balaban J connectivity index is 2.33. The maximum absolute atomic E-state index is 12.3. The van der Waals surface area contributed by atoms with Gasteiger partial charge in [0.15, 0.2) is 0 Å². The summed E-state index contributed by atoms with van der Waals surface area (Å²) in [5.74, 6) is 0. The molecule has 13 heavy (non-hydrogen) atoms. The van der Waals surface area contributed by atoms with Gasteiger partial charge >= 0.3 is 0 Å². The largest absolute Gasteiger partial charge is 0.321 e. The monoisotopic (exact) mass is 184 g/mol. The molecule has 1 heterocycles. The van der Waals surface area contributed by atoms with Crippen LogP contribution in [0.4, 0.5) is 8.78 Å². The van der Waals surface area contributed by atoms with Crippen molar-refractivity contribution in [3.8, 4) is 0 Å². The molecule has 0 aliphatic heterocycles. The Labute approximate surface area is 74.8 Å². The van der Waals surface area contributed by atoms with Crippen molar-refractivity contribution in [2.45, 2.75) is 24.8 Å². The molecule has 2 N–H and O–H groups in total. The minimum atomic E-state index is -2.46. The molecule has 1 saturated carbocycles. The third-order valence-electron chi connectivity index (χ3n) is 2.37. The second-order valence-corrected chi connectivity index (χ2v) is 3.46. The summed E-state index contributed by atoms with van der Waals surface area (Å²) in [6, 6.07) is 1.45. The molecule has 1 aromatic heterocycles. The highest BCUT2D eigenvalue weighted by Gasteiger charge is 2.40. The first-order chi connectivity index (χ1) is 6.12. The van der Waals surface area contributed by atoms with Crippen LogP contribution in [0, 0.1) is 0 Å². The first kappa shape index (κ1) is 8.56. The molecular weight excluding hydrogens is 174 g/mol. The summed E-state index contributed by atoms with van der Waals surface area (Å²) in [5.41, 5.74) is 6.16. The molecule has 2 nitrogen and oxygen atoms in total. The van der Waals surface area contributed by atoms with Crippen LogP contribution in [0.2, 0.25) is 0 Å². The van der Waals surface area contributed by atoms with Crippen LogP contribution in [-0.2, 0) is 5.54 Å². The number of rotatable bonds is 2. The van der Waals surface area contributed by atoms with Crippen molar-refractivity contribution < 1.29 is 8.78 Å². The lowest BCUT2D eigenvalue weighted by molar-refractivity contribution is 0.151. The van der Waals surface area contributed by atoms with Crippen LogP contribution in [0.25, 0.3) is 0 Å². The fraction of sp³-hybridized carbons (Fsp3) is 0.444. The van der Waals surface area contributed by atoms with Crippen molar-refractivity contribution in [2.75, 3.05) is 0 Å². The van der Waals surface area contributed by atoms with Gasteiger partial charge in [0.25, 0.3) is 6.43 Å². The fourth-order valence-electron chi connectivity index (χ4n) is 1.27. The maximum Gasteiger partial charge on any atom is 0.265 e. The summed E-state index contributed by atoms with van der Waals surface area (Å²) in [6.45, 7) is 0. The molecule has 0 radical (unpaired) electrons. The van der Waals surface area contributed by atoms with Crippen LogP contribution in [0.5, 0.6) is 0 Å². The Hall–Kier alpha value is -1.03. The summed E-state index contributed by atoms with van der Waals surface area (Å²) >= 11 is 0. The van der Waals surface area contributed by atoms with Gasteiger partial charge in [0, 0.05) is 23.5 Å². The Morgan fingerprint density at radius 3 is 2.62 bits per heavy atom. The molecule has 0 amide bonds. The lowest BCUT2D eigenvalue weighted by atomic mass is 10.1. The van der Waals surface area contributed by atoms with Gasteiger partial charge in [-0.05, 0) is 24.5 Å². The highest BCUT2D eigenvalue weighted by Crippen LogP contribution is 2.42. The van der Waals surface area contributed by atoms with Crippen molar-refractivity contribution in [1.29, 1.82) is 0 Å². The van der Waals surface area contributed by atoms with Crippen LogP contribution < -0.4 is 5.73 Å². The van der Waals surface area contributed by atoms with Gasteiger partial charge in [-0.25, -0.2) is 8.78 Å². The van der Waals surface area contributed by atoms with Gasteiger partial charge in [-0.15, -0.1) is 0 Å². The number of aromatic nitrogens is 1. The van der Waals surface area contributed by atoms with Gasteiger partial charge in [-0.2, -0.15) is 0 Å². The lowest BCUT2D eigenvalue weighted by Crippen LogP contribution is -2.19. The average Bonchev–Trinajstić information content (AvgIpc) is 2.85. The predicted octanol–water partition coefficient (Wildman–Crippen LogP) is 1.97. The Morgan fingerprint density at radius 2 is 2.08 bits per heavy atom. The number of nitrogens with zero attached hydrogens (tertiary/aromatic N) is 1. The minimum absolute atomic E-state index is 0.0470. The van der Waals surface area contributed by atoms with Crippen molar-refractivity contribution in [1.82, 2.24) is 4.98 Å². The van der Waals surface area contributed by atoms with Crippen LogP contribution in [0.15, 0.2) is 18.5 Å². The number of hydrogen-bond acceptors (Lipinski definition) is 2. The number of alkyl halides is 2. The molecule has 1 aliphatic carbocycles. The van der Waals surface area contributed by atoms with Gasteiger partial charge in [0.05, 0.1) is 0 Å². The first-order valence-corrected chi connectivity index (χ1v) is 4.14. The van der Waals surface area contributed by atoms with E-state index in [1.165, 1.54) is 12.3 Å². The van der Waals surface area contributed by atoms with Crippen LogP contribution in [0.3, 0.4) is 0 Å². The zero-order valence-electron chi connectivity index (χ0n) is 7.00. The van der Waals surface area contributed by atoms with E-state index in [4.69, 9.17) is 5.73 Å². The molecule has 2 rings (SSSR count). The average molecular weight is 184 g/mol. The van der Waals surface area contributed by atoms with E-state index >= 15 is 0 Å². The van der Waals surface area contributed by atoms with E-state index in [1.54, 1.807) is 6.20 Å². The summed E-state index contributed by atoms with van der Waals surface area (Å²) in [4.78, 5) is 3.75. The molecule has 4 heteroatoms. The summed E-state index contributed by atoms with van der Waals surface area (Å²) in [5, 5.41) is 0. The van der Waals surface area contributed by atoms with Gasteiger partial charge in [-0.1, -0.05) is 0 Å². The number of hydrogen-bond donors (Lipinski definition) is 1. The number of nitrogens with two attached hydrogens (primary N) is 1. The zero-order valence-corrected chi connectivity index (χ0v) is 7.00. The Bertz CT molecular complexity index is 321. The highest BCUT2D eigenvalue weighted by atomic mass is 19.3. The molecule has 0 aromatic carbocycles. The lowest BCUT2D eigenvalue weighted by Gasteiger charge is -2.09. The fourth-order valence-corrected chi connectivity index (χ4v) is 1.27. The molecular formula is C9H10F2N2. The predicted molar refractivity (Wildman–Crippen MR) is 44.3 cm³/mol. The zero-order chi connectivity index (χ0) is 9.47. The smallest absolute Gasteiger partial charge is 0.265 e. The standard InChI is InChI=1S/C9H10F2N2/c10-8(11)6-3-7(5-13-4-6)9(12)1-2-9/h3-5,8H,1-2,12H2. The third kappa shape index (κ3) is 1.54. The van der Waals surface area contributed by atoms with E-state index in [0.717, 1.165) is 18.4 Å². The van der Waals surface area contributed by atoms with E-state index < -0.39 is 6.43 Å². The van der Waals surface area contributed by atoms with Gasteiger partial charge in [0.1, 0.15) is 0 Å². The quantitative estimate of drug-likeness (QED) is 0.763. The molecule has 1 aromatic rings. The summed E-state index contributed by atoms with van der Waals surface area (Å²) in [6.07, 6.45) is 2.01. The van der Waals surface area contributed by atoms with Gasteiger partial charge < -0.3 is 5.73 Å². The van der Waals surface area contributed by atoms with Crippen LogP contribution in [-0.4, -0.2) is 4.98 Å². The Morgan fingerprint density at radius 1 is 1.38 bits per heavy atom. The second kappa shape index (κ2) is 2.73. The molecule has 0 unspecified atom stereocenters. The molecule has 0 bridgehead atoms. The molecule has 0 saturated heterocycles. The van der Waals surface area contributed by atoms with Crippen molar-refractivity contribution in [2.24, 2.45) is 5.73 Å². The normalized spacial score (nSPS) is 19.1. The summed E-state index contributed by atoms with van der Waals surface area (Å²) in [7, 11) is 0. The second-order valence-electron chi connectivity index (χ2n) is 3.46. The molecule has 1 fully saturated rings. The molecule has 70 valence electrons. The van der Waals surface area contributed by atoms with E-state index in [2.05, 4.69) is 4.98 Å². The van der Waals surface area contributed by atoms with Crippen molar-refractivity contribution >= 4 is 0 Å². The summed E-state index contributed by atoms with van der Waals surface area (Å²) < 4.78 is 24.5. The van der Waals surface area contributed by atoms with E-state index in [1.807, 2.05) is 0 Å². The van der Waals surface area contributed by atoms with Gasteiger partial charge in [-0.3, -0.25) is 4.98 Å². The molecule has 1 aliphatic rings. The van der Waals surface area contributed by atoms with Gasteiger partial charge in [0.2, 0.25) is 0 Å². The van der Waals surface area contributed by atoms with E-state index in [0.29, 0.717) is 0 Å². The minimum Gasteiger partial charge on any atom is -0.321 e. The third-order valence-corrected chi connectivity index (χ3v) is 2.37. The highest BCUT2D eigenvalue weighted by molar-refractivity contribution is 5.30. The van der Waals surface area contributed by atoms with Crippen LogP contribution >= 0.6 is 0 Å². The SMILES string of the molecule is NC1(c2cncc(C(F)F)c2)CC1. The van der Waals surface area contributed by atoms with Crippen molar-refractivity contribution in [3.63, 3.8) is 0 Å². The number of pyridine rings is 1. The maximum atomic E-state index is 12.3. The molecule has 0 spiro atoms. The van der Waals surface area contributed by atoms with E-state index in [-0.39, 0.29) is 11.1 Å².